The first-order chi connectivity index (χ1) is 7.61. The molecule has 0 aromatic carbocycles. The average Bonchev–Trinajstić information content (AvgIpc) is 2.24. The zero-order valence-electron chi connectivity index (χ0n) is 11.4. The van der Waals surface area contributed by atoms with Gasteiger partial charge in [-0.25, -0.2) is 0 Å². The van der Waals surface area contributed by atoms with Gasteiger partial charge in [-0.1, -0.05) is 40.5 Å². The first kappa shape index (κ1) is 16.1. The van der Waals surface area contributed by atoms with Crippen molar-refractivity contribution < 1.29 is 4.21 Å². The van der Waals surface area contributed by atoms with Crippen molar-refractivity contribution in [2.75, 3.05) is 18.1 Å². The Kier molecular flexibility index (Phi) is 10.3. The molecule has 0 saturated heterocycles. The van der Waals surface area contributed by atoms with Crippen molar-refractivity contribution in [3.8, 4) is 0 Å². The van der Waals surface area contributed by atoms with Crippen molar-refractivity contribution in [3.05, 3.63) is 0 Å². The molecule has 3 heteroatoms. The summed E-state index contributed by atoms with van der Waals surface area (Å²) in [5, 5.41) is 3.50. The average molecular weight is 247 g/mol. The smallest absolute Gasteiger partial charge is 0.0391 e. The van der Waals surface area contributed by atoms with Crippen LogP contribution < -0.4 is 5.32 Å². The molecular formula is C13H29NOS. The monoisotopic (exact) mass is 247 g/mol. The first-order valence-corrected chi connectivity index (χ1v) is 8.18. The number of unbranched alkanes of at least 4 members (excludes halogenated alkanes) is 2. The third-order valence-corrected chi connectivity index (χ3v) is 4.28. The summed E-state index contributed by atoms with van der Waals surface area (Å²) in [6.07, 6.45) is 4.67. The Morgan fingerprint density at radius 3 is 2.31 bits per heavy atom. The molecule has 0 radical (unpaired) electrons. The van der Waals surface area contributed by atoms with Gasteiger partial charge in [0.1, 0.15) is 0 Å². The maximum Gasteiger partial charge on any atom is 0.0391 e. The van der Waals surface area contributed by atoms with Crippen LogP contribution in [0.2, 0.25) is 0 Å². The number of hydrogen-bond acceptors (Lipinski definition) is 2. The normalized spacial score (nSPS) is 15.3. The zero-order chi connectivity index (χ0) is 12.4. The van der Waals surface area contributed by atoms with E-state index < -0.39 is 10.8 Å². The summed E-state index contributed by atoms with van der Waals surface area (Å²) in [5.74, 6) is 2.27. The second kappa shape index (κ2) is 10.3. The fourth-order valence-electron chi connectivity index (χ4n) is 1.61. The lowest BCUT2D eigenvalue weighted by molar-refractivity contribution is 0.431. The highest BCUT2D eigenvalue weighted by atomic mass is 32.2. The third kappa shape index (κ3) is 8.28. The molecule has 2 unspecified atom stereocenters. The second-order valence-corrected chi connectivity index (χ2v) is 6.44. The van der Waals surface area contributed by atoms with Crippen LogP contribution in [0.5, 0.6) is 0 Å². The summed E-state index contributed by atoms with van der Waals surface area (Å²) in [6.45, 7) is 9.80. The Labute approximate surface area is 104 Å². The Morgan fingerprint density at radius 2 is 1.81 bits per heavy atom. The molecule has 1 N–H and O–H groups in total. The van der Waals surface area contributed by atoms with Crippen LogP contribution >= 0.6 is 0 Å². The van der Waals surface area contributed by atoms with E-state index >= 15 is 0 Å². The topological polar surface area (TPSA) is 29.1 Å². The molecule has 0 saturated carbocycles. The maximum atomic E-state index is 11.9. The van der Waals surface area contributed by atoms with Crippen LogP contribution in [0.1, 0.15) is 53.4 Å². The van der Waals surface area contributed by atoms with Gasteiger partial charge in [-0.2, -0.15) is 0 Å². The Morgan fingerprint density at radius 1 is 1.12 bits per heavy atom. The minimum Gasteiger partial charge on any atom is -0.313 e. The van der Waals surface area contributed by atoms with E-state index in [0.29, 0.717) is 12.0 Å². The number of hydrogen-bond donors (Lipinski definition) is 1. The molecule has 98 valence electrons. The molecule has 0 bridgehead atoms. The summed E-state index contributed by atoms with van der Waals surface area (Å²) in [5.41, 5.74) is 0. The van der Waals surface area contributed by atoms with Gasteiger partial charge in [0.05, 0.1) is 0 Å². The molecule has 0 aromatic rings. The van der Waals surface area contributed by atoms with E-state index in [1.165, 1.54) is 12.8 Å². The molecule has 2 atom stereocenters. The summed E-state index contributed by atoms with van der Waals surface area (Å²) >= 11 is 0. The van der Waals surface area contributed by atoms with Crippen molar-refractivity contribution in [1.29, 1.82) is 0 Å². The standard InChI is InChI=1S/C13H29NOS/c1-5-7-8-10-16(15)11-13(12(3)4)14-9-6-2/h12-14H,5-11H2,1-4H3. The van der Waals surface area contributed by atoms with Crippen LogP contribution in [-0.2, 0) is 10.8 Å². The summed E-state index contributed by atoms with van der Waals surface area (Å²) in [7, 11) is -0.638. The lowest BCUT2D eigenvalue weighted by Gasteiger charge is -2.21. The molecular weight excluding hydrogens is 218 g/mol. The predicted molar refractivity (Wildman–Crippen MR) is 74.3 cm³/mol. The summed E-state index contributed by atoms with van der Waals surface area (Å²) < 4.78 is 11.9. The van der Waals surface area contributed by atoms with Gasteiger partial charge < -0.3 is 5.32 Å². The SMILES string of the molecule is CCCCCS(=O)CC(NCCC)C(C)C. The largest absolute Gasteiger partial charge is 0.313 e. The van der Waals surface area contributed by atoms with Crippen LogP contribution in [0, 0.1) is 5.92 Å². The van der Waals surface area contributed by atoms with Crippen molar-refractivity contribution in [2.45, 2.75) is 59.4 Å². The Balaban J connectivity index is 3.83. The number of rotatable bonds is 10. The van der Waals surface area contributed by atoms with Gasteiger partial charge >= 0.3 is 0 Å². The quantitative estimate of drug-likeness (QED) is 0.601. The minimum atomic E-state index is -0.638. The van der Waals surface area contributed by atoms with Gasteiger partial charge in [-0.15, -0.1) is 0 Å². The van der Waals surface area contributed by atoms with Gasteiger partial charge in [-0.3, -0.25) is 4.21 Å². The molecule has 0 spiro atoms. The Hall–Kier alpha value is 0.110. The van der Waals surface area contributed by atoms with E-state index in [0.717, 1.165) is 30.9 Å². The van der Waals surface area contributed by atoms with Crippen LogP contribution in [0.25, 0.3) is 0 Å². The molecule has 0 aliphatic carbocycles. The molecule has 0 fully saturated rings. The summed E-state index contributed by atoms with van der Waals surface area (Å²) in [6, 6.07) is 0.419. The predicted octanol–water partition coefficient (Wildman–Crippen LogP) is 2.95. The van der Waals surface area contributed by atoms with Crippen LogP contribution in [0.15, 0.2) is 0 Å². The summed E-state index contributed by atoms with van der Waals surface area (Å²) in [4.78, 5) is 0. The van der Waals surface area contributed by atoms with Gasteiger partial charge in [-0.05, 0) is 25.3 Å². The molecule has 16 heavy (non-hydrogen) atoms. The first-order valence-electron chi connectivity index (χ1n) is 6.70. The fourth-order valence-corrected chi connectivity index (χ4v) is 3.21. The minimum absolute atomic E-state index is 0.419. The molecule has 0 amide bonds. The highest BCUT2D eigenvalue weighted by Crippen LogP contribution is 2.05. The highest BCUT2D eigenvalue weighted by molar-refractivity contribution is 7.85. The molecule has 0 rings (SSSR count). The van der Waals surface area contributed by atoms with Crippen molar-refractivity contribution in [3.63, 3.8) is 0 Å². The van der Waals surface area contributed by atoms with Gasteiger partial charge in [0.2, 0.25) is 0 Å². The lowest BCUT2D eigenvalue weighted by atomic mass is 10.1. The number of nitrogens with one attached hydrogen (secondary N) is 1. The van der Waals surface area contributed by atoms with E-state index in [1.807, 2.05) is 0 Å². The van der Waals surface area contributed by atoms with E-state index in [4.69, 9.17) is 0 Å². The maximum absolute atomic E-state index is 11.9. The van der Waals surface area contributed by atoms with Gasteiger partial charge in [0.25, 0.3) is 0 Å². The van der Waals surface area contributed by atoms with E-state index in [-0.39, 0.29) is 0 Å². The Bertz CT molecular complexity index is 183. The van der Waals surface area contributed by atoms with Crippen LogP contribution in [0.4, 0.5) is 0 Å². The third-order valence-electron chi connectivity index (χ3n) is 2.80. The van der Waals surface area contributed by atoms with Crippen molar-refractivity contribution in [1.82, 2.24) is 5.32 Å². The molecule has 0 aliphatic heterocycles. The van der Waals surface area contributed by atoms with E-state index in [9.17, 15) is 4.21 Å². The van der Waals surface area contributed by atoms with E-state index in [1.54, 1.807) is 0 Å². The van der Waals surface area contributed by atoms with Crippen molar-refractivity contribution >= 4 is 10.8 Å². The zero-order valence-corrected chi connectivity index (χ0v) is 12.2. The fraction of sp³-hybridized carbons (Fsp3) is 1.00. The molecule has 0 aromatic heterocycles. The van der Waals surface area contributed by atoms with E-state index in [2.05, 4.69) is 33.0 Å². The molecule has 0 heterocycles. The van der Waals surface area contributed by atoms with Crippen LogP contribution in [0.3, 0.4) is 0 Å². The van der Waals surface area contributed by atoms with Gasteiger partial charge in [0, 0.05) is 28.3 Å². The molecule has 0 aliphatic rings. The molecule has 2 nitrogen and oxygen atoms in total. The van der Waals surface area contributed by atoms with Crippen LogP contribution in [-0.4, -0.2) is 28.3 Å². The van der Waals surface area contributed by atoms with Gasteiger partial charge in [0.15, 0.2) is 0 Å². The lowest BCUT2D eigenvalue weighted by Crippen LogP contribution is -2.39. The highest BCUT2D eigenvalue weighted by Gasteiger charge is 2.15. The second-order valence-electron chi connectivity index (χ2n) is 4.82. The van der Waals surface area contributed by atoms with Crippen molar-refractivity contribution in [2.24, 2.45) is 5.92 Å².